The van der Waals surface area contributed by atoms with Crippen molar-refractivity contribution >= 4 is 0 Å². The van der Waals surface area contributed by atoms with Crippen LogP contribution in [0.4, 0.5) is 0 Å². The number of hydrogen-bond donors (Lipinski definition) is 0. The molecule has 1 saturated heterocycles. The van der Waals surface area contributed by atoms with Gasteiger partial charge >= 0.3 is 0 Å². The zero-order chi connectivity index (χ0) is 17.2. The van der Waals surface area contributed by atoms with E-state index < -0.39 is 0 Å². The van der Waals surface area contributed by atoms with Crippen LogP contribution in [0.15, 0.2) is 41.3 Å². The average Bonchev–Trinajstić information content (AvgIpc) is 3.36. The van der Waals surface area contributed by atoms with Crippen molar-refractivity contribution in [2.24, 2.45) is 0 Å². The Morgan fingerprint density at radius 2 is 2.24 bits per heavy atom. The maximum atomic E-state index is 5.98. The third kappa shape index (κ3) is 3.32. The van der Waals surface area contributed by atoms with Gasteiger partial charge in [-0.3, -0.25) is 9.58 Å². The summed E-state index contributed by atoms with van der Waals surface area (Å²) < 4.78 is 7.87. The molecule has 3 heterocycles. The van der Waals surface area contributed by atoms with E-state index in [1.165, 1.54) is 12.0 Å². The molecule has 130 valence electrons. The maximum Gasteiger partial charge on any atom is 0.247 e. The van der Waals surface area contributed by atoms with Crippen LogP contribution in [0.2, 0.25) is 0 Å². The van der Waals surface area contributed by atoms with E-state index in [0.29, 0.717) is 17.8 Å². The van der Waals surface area contributed by atoms with Crippen molar-refractivity contribution in [2.75, 3.05) is 6.54 Å². The summed E-state index contributed by atoms with van der Waals surface area (Å²) in [4.78, 5) is 6.45. The van der Waals surface area contributed by atoms with Gasteiger partial charge in [0.25, 0.3) is 0 Å². The van der Waals surface area contributed by atoms with Crippen LogP contribution in [-0.4, -0.2) is 42.4 Å². The highest BCUT2D eigenvalue weighted by molar-refractivity contribution is 5.53. The first-order chi connectivity index (χ1) is 12.2. The minimum atomic E-state index is 0.0853. The van der Waals surface area contributed by atoms with Gasteiger partial charge in [-0.1, -0.05) is 17.7 Å². The summed E-state index contributed by atoms with van der Waals surface area (Å²) in [6.45, 7) is 6.06. The third-order valence-corrected chi connectivity index (χ3v) is 4.85. The number of nitrogens with zero attached hydrogens (tertiary/aromatic N) is 6. The van der Waals surface area contributed by atoms with Crippen molar-refractivity contribution in [3.63, 3.8) is 0 Å². The smallest absolute Gasteiger partial charge is 0.247 e. The highest BCUT2D eigenvalue weighted by Gasteiger charge is 2.32. The first-order valence-corrected chi connectivity index (χ1v) is 8.69. The van der Waals surface area contributed by atoms with E-state index in [1.54, 1.807) is 12.7 Å². The molecule has 1 aromatic carbocycles. The Bertz CT molecular complexity index is 828. The summed E-state index contributed by atoms with van der Waals surface area (Å²) in [6.07, 6.45) is 5.66. The summed E-state index contributed by atoms with van der Waals surface area (Å²) >= 11 is 0. The molecule has 0 saturated carbocycles. The van der Waals surface area contributed by atoms with E-state index in [0.717, 1.165) is 25.1 Å². The van der Waals surface area contributed by atoms with E-state index >= 15 is 0 Å². The predicted molar refractivity (Wildman–Crippen MR) is 92.6 cm³/mol. The highest BCUT2D eigenvalue weighted by atomic mass is 16.4. The minimum absolute atomic E-state index is 0.0853. The Labute approximate surface area is 146 Å². The van der Waals surface area contributed by atoms with Crippen LogP contribution >= 0.6 is 0 Å². The number of hydrogen-bond acceptors (Lipinski definition) is 6. The molecule has 2 atom stereocenters. The molecule has 0 spiro atoms. The molecule has 2 aromatic heterocycles. The molecule has 0 unspecified atom stereocenters. The van der Waals surface area contributed by atoms with E-state index in [9.17, 15) is 0 Å². The largest absolute Gasteiger partial charge is 0.419 e. The predicted octanol–water partition coefficient (Wildman–Crippen LogP) is 2.86. The molecular formula is C18H22N6O. The molecule has 0 radical (unpaired) electrons. The van der Waals surface area contributed by atoms with Crippen molar-refractivity contribution in [1.82, 2.24) is 29.9 Å². The molecule has 0 amide bonds. The van der Waals surface area contributed by atoms with Crippen molar-refractivity contribution in [1.29, 1.82) is 0 Å². The summed E-state index contributed by atoms with van der Waals surface area (Å²) in [5, 5.41) is 12.8. The van der Waals surface area contributed by atoms with E-state index in [4.69, 9.17) is 4.42 Å². The number of rotatable bonds is 5. The van der Waals surface area contributed by atoms with Gasteiger partial charge in [0.15, 0.2) is 0 Å². The molecule has 7 heteroatoms. The van der Waals surface area contributed by atoms with Crippen molar-refractivity contribution < 1.29 is 4.42 Å². The van der Waals surface area contributed by atoms with Gasteiger partial charge in [0.05, 0.1) is 12.6 Å². The van der Waals surface area contributed by atoms with Crippen molar-refractivity contribution in [3.8, 4) is 11.5 Å². The second-order valence-electron chi connectivity index (χ2n) is 6.64. The van der Waals surface area contributed by atoms with Gasteiger partial charge in [0, 0.05) is 11.6 Å². The average molecular weight is 338 g/mol. The van der Waals surface area contributed by atoms with E-state index in [2.05, 4.69) is 51.2 Å². The van der Waals surface area contributed by atoms with Gasteiger partial charge in [-0.25, -0.2) is 4.98 Å². The van der Waals surface area contributed by atoms with Crippen LogP contribution in [0.1, 0.15) is 37.3 Å². The van der Waals surface area contributed by atoms with Gasteiger partial charge in [-0.05, 0) is 45.4 Å². The van der Waals surface area contributed by atoms with Crippen LogP contribution in [0, 0.1) is 6.92 Å². The molecule has 25 heavy (non-hydrogen) atoms. The molecule has 0 aliphatic carbocycles. The molecule has 4 rings (SSSR count). The Morgan fingerprint density at radius 3 is 3.04 bits per heavy atom. The normalized spacial score (nSPS) is 19.4. The lowest BCUT2D eigenvalue weighted by atomic mass is 10.1. The Morgan fingerprint density at radius 1 is 1.32 bits per heavy atom. The van der Waals surface area contributed by atoms with E-state index in [1.807, 2.05) is 16.8 Å². The summed E-state index contributed by atoms with van der Waals surface area (Å²) in [6, 6.07) is 8.62. The SMILES string of the molecule is Cc1cccc(-c2nnc([C@@H](C)N3CCC[C@H]3Cn3cncn3)o2)c1. The third-order valence-electron chi connectivity index (χ3n) is 4.85. The van der Waals surface area contributed by atoms with Crippen LogP contribution < -0.4 is 0 Å². The van der Waals surface area contributed by atoms with Crippen molar-refractivity contribution in [2.45, 2.75) is 45.3 Å². The first kappa shape index (κ1) is 16.0. The van der Waals surface area contributed by atoms with Crippen LogP contribution in [0.3, 0.4) is 0 Å². The van der Waals surface area contributed by atoms with Gasteiger partial charge in [0.2, 0.25) is 11.8 Å². The lowest BCUT2D eigenvalue weighted by molar-refractivity contribution is 0.152. The maximum absolute atomic E-state index is 5.98. The Balaban J connectivity index is 1.51. The van der Waals surface area contributed by atoms with Crippen LogP contribution in [0.5, 0.6) is 0 Å². The monoisotopic (exact) mass is 338 g/mol. The lowest BCUT2D eigenvalue weighted by Gasteiger charge is -2.28. The zero-order valence-electron chi connectivity index (χ0n) is 14.5. The van der Waals surface area contributed by atoms with Crippen molar-refractivity contribution in [3.05, 3.63) is 48.4 Å². The highest BCUT2D eigenvalue weighted by Crippen LogP contribution is 2.30. The quantitative estimate of drug-likeness (QED) is 0.712. The number of aryl methyl sites for hydroxylation is 1. The van der Waals surface area contributed by atoms with Gasteiger partial charge in [-0.15, -0.1) is 10.2 Å². The first-order valence-electron chi connectivity index (χ1n) is 8.69. The zero-order valence-corrected chi connectivity index (χ0v) is 14.5. The molecule has 1 aliphatic rings. The Kier molecular flexibility index (Phi) is 4.31. The topological polar surface area (TPSA) is 72.9 Å². The van der Waals surface area contributed by atoms with Crippen LogP contribution in [-0.2, 0) is 6.54 Å². The number of likely N-dealkylation sites (tertiary alicyclic amines) is 1. The number of aromatic nitrogens is 5. The number of benzene rings is 1. The van der Waals surface area contributed by atoms with Crippen LogP contribution in [0.25, 0.3) is 11.5 Å². The fourth-order valence-electron chi connectivity index (χ4n) is 3.55. The molecule has 7 nitrogen and oxygen atoms in total. The molecular weight excluding hydrogens is 316 g/mol. The molecule has 3 aromatic rings. The molecule has 0 N–H and O–H groups in total. The second-order valence-corrected chi connectivity index (χ2v) is 6.64. The summed E-state index contributed by atoms with van der Waals surface area (Å²) in [7, 11) is 0. The summed E-state index contributed by atoms with van der Waals surface area (Å²) in [5.41, 5.74) is 2.14. The Hall–Kier alpha value is -2.54. The lowest BCUT2D eigenvalue weighted by Crippen LogP contribution is -2.35. The fraction of sp³-hybridized carbons (Fsp3) is 0.444. The summed E-state index contributed by atoms with van der Waals surface area (Å²) in [5.74, 6) is 1.25. The molecule has 0 bridgehead atoms. The fourth-order valence-corrected chi connectivity index (χ4v) is 3.55. The standard InChI is InChI=1S/C18H22N6O/c1-13-5-3-6-15(9-13)18-22-21-17(25-18)14(2)24-8-4-7-16(24)10-23-12-19-11-20-23/h3,5-6,9,11-12,14,16H,4,7-8,10H2,1-2H3/t14-,16+/m1/s1. The minimum Gasteiger partial charge on any atom is -0.419 e. The second kappa shape index (κ2) is 6.76. The van der Waals surface area contributed by atoms with Gasteiger partial charge < -0.3 is 4.42 Å². The van der Waals surface area contributed by atoms with Gasteiger partial charge in [0.1, 0.15) is 12.7 Å². The molecule has 1 fully saturated rings. The van der Waals surface area contributed by atoms with E-state index in [-0.39, 0.29) is 6.04 Å². The van der Waals surface area contributed by atoms with Gasteiger partial charge in [-0.2, -0.15) is 5.10 Å². The molecule has 1 aliphatic heterocycles.